The van der Waals surface area contributed by atoms with E-state index in [0.717, 1.165) is 31.9 Å². The number of aryl methyl sites for hydroxylation is 1. The first-order chi connectivity index (χ1) is 9.31. The summed E-state index contributed by atoms with van der Waals surface area (Å²) >= 11 is 0. The molecule has 1 heterocycles. The van der Waals surface area contributed by atoms with E-state index in [1.165, 1.54) is 38.5 Å². The molecule has 1 aliphatic rings. The van der Waals surface area contributed by atoms with Gasteiger partial charge in [-0.25, -0.2) is 4.98 Å². The number of nitrogens with two attached hydrogens (primary N) is 1. The van der Waals surface area contributed by atoms with Crippen LogP contribution in [0.15, 0.2) is 6.33 Å². The number of hydrogen-bond acceptors (Lipinski definition) is 4. The molecule has 0 radical (unpaired) electrons. The Labute approximate surface area is 116 Å². The minimum atomic E-state index is 0.700. The third-order valence-electron chi connectivity index (χ3n) is 4.14. The minimum absolute atomic E-state index is 0.700. The molecule has 0 aromatic carbocycles. The van der Waals surface area contributed by atoms with E-state index in [0.29, 0.717) is 6.04 Å². The average molecular weight is 265 g/mol. The number of hydrogen-bond donors (Lipinski definition) is 1. The molecule has 19 heavy (non-hydrogen) atoms. The van der Waals surface area contributed by atoms with Crippen molar-refractivity contribution in [2.45, 2.75) is 57.5 Å². The maximum absolute atomic E-state index is 5.68. The minimum Gasteiger partial charge on any atom is -0.330 e. The van der Waals surface area contributed by atoms with Crippen LogP contribution in [0, 0.1) is 0 Å². The number of nitrogens with zero attached hydrogens (tertiary/aromatic N) is 4. The summed E-state index contributed by atoms with van der Waals surface area (Å²) in [6, 6.07) is 0.700. The van der Waals surface area contributed by atoms with Crippen LogP contribution in [0.3, 0.4) is 0 Å². The first-order valence-electron chi connectivity index (χ1n) is 7.58. The molecule has 5 nitrogen and oxygen atoms in total. The highest BCUT2D eigenvalue weighted by Crippen LogP contribution is 2.23. The van der Waals surface area contributed by atoms with Gasteiger partial charge in [0.1, 0.15) is 12.2 Å². The molecule has 1 aromatic heterocycles. The predicted molar refractivity (Wildman–Crippen MR) is 76.6 cm³/mol. The molecule has 1 fully saturated rings. The SMILES string of the molecule is Cn1ncnc1CN(CCCN)C1CCCCCC1. The van der Waals surface area contributed by atoms with E-state index in [1.807, 2.05) is 11.7 Å². The molecule has 0 bridgehead atoms. The highest BCUT2D eigenvalue weighted by Gasteiger charge is 2.21. The Morgan fingerprint density at radius 3 is 2.63 bits per heavy atom. The fraction of sp³-hybridized carbons (Fsp3) is 0.857. The Kier molecular flexibility index (Phi) is 5.79. The number of aromatic nitrogens is 3. The van der Waals surface area contributed by atoms with Crippen molar-refractivity contribution >= 4 is 0 Å². The van der Waals surface area contributed by atoms with Crippen LogP contribution in [-0.2, 0) is 13.6 Å². The van der Waals surface area contributed by atoms with E-state index in [9.17, 15) is 0 Å². The van der Waals surface area contributed by atoms with Crippen molar-refractivity contribution in [3.8, 4) is 0 Å². The van der Waals surface area contributed by atoms with E-state index in [-0.39, 0.29) is 0 Å². The molecule has 0 saturated heterocycles. The van der Waals surface area contributed by atoms with Gasteiger partial charge in [-0.3, -0.25) is 9.58 Å². The van der Waals surface area contributed by atoms with E-state index in [4.69, 9.17) is 5.73 Å². The molecule has 2 N–H and O–H groups in total. The van der Waals surface area contributed by atoms with Crippen molar-refractivity contribution in [2.75, 3.05) is 13.1 Å². The van der Waals surface area contributed by atoms with E-state index in [1.54, 1.807) is 6.33 Å². The molecule has 2 rings (SSSR count). The third-order valence-corrected chi connectivity index (χ3v) is 4.14. The van der Waals surface area contributed by atoms with E-state index in [2.05, 4.69) is 15.0 Å². The van der Waals surface area contributed by atoms with Gasteiger partial charge in [-0.05, 0) is 25.8 Å². The van der Waals surface area contributed by atoms with Crippen LogP contribution in [0.2, 0.25) is 0 Å². The smallest absolute Gasteiger partial charge is 0.140 e. The Hall–Kier alpha value is -0.940. The zero-order chi connectivity index (χ0) is 13.5. The molecular weight excluding hydrogens is 238 g/mol. The van der Waals surface area contributed by atoms with Crippen LogP contribution in [0.25, 0.3) is 0 Å². The van der Waals surface area contributed by atoms with Gasteiger partial charge in [0.05, 0.1) is 6.54 Å². The maximum Gasteiger partial charge on any atom is 0.140 e. The van der Waals surface area contributed by atoms with Gasteiger partial charge < -0.3 is 5.73 Å². The second-order valence-corrected chi connectivity index (χ2v) is 5.56. The van der Waals surface area contributed by atoms with Crippen LogP contribution in [0.5, 0.6) is 0 Å². The van der Waals surface area contributed by atoms with Crippen LogP contribution in [-0.4, -0.2) is 38.8 Å². The van der Waals surface area contributed by atoms with Crippen LogP contribution < -0.4 is 5.73 Å². The topological polar surface area (TPSA) is 60.0 Å². The molecule has 0 aliphatic heterocycles. The summed E-state index contributed by atoms with van der Waals surface area (Å²) in [5.74, 6) is 1.06. The zero-order valence-corrected chi connectivity index (χ0v) is 12.1. The Morgan fingerprint density at radius 1 is 1.32 bits per heavy atom. The first kappa shape index (κ1) is 14.5. The summed E-state index contributed by atoms with van der Waals surface area (Å²) in [6.45, 7) is 2.75. The van der Waals surface area contributed by atoms with Gasteiger partial charge in [0.2, 0.25) is 0 Å². The quantitative estimate of drug-likeness (QED) is 0.795. The maximum atomic E-state index is 5.68. The molecule has 0 atom stereocenters. The summed E-state index contributed by atoms with van der Waals surface area (Å²) in [6.07, 6.45) is 10.9. The lowest BCUT2D eigenvalue weighted by atomic mass is 10.1. The van der Waals surface area contributed by atoms with Crippen molar-refractivity contribution in [1.29, 1.82) is 0 Å². The zero-order valence-electron chi connectivity index (χ0n) is 12.1. The Bertz CT molecular complexity index is 354. The lowest BCUT2D eigenvalue weighted by molar-refractivity contribution is 0.163. The second-order valence-electron chi connectivity index (χ2n) is 5.56. The van der Waals surface area contributed by atoms with Crippen molar-refractivity contribution < 1.29 is 0 Å². The second kappa shape index (κ2) is 7.60. The summed E-state index contributed by atoms with van der Waals surface area (Å²) in [5, 5.41) is 4.17. The van der Waals surface area contributed by atoms with Gasteiger partial charge in [0.15, 0.2) is 0 Å². The number of rotatable bonds is 6. The fourth-order valence-corrected chi connectivity index (χ4v) is 2.95. The van der Waals surface area contributed by atoms with E-state index >= 15 is 0 Å². The van der Waals surface area contributed by atoms with Crippen LogP contribution in [0.1, 0.15) is 50.8 Å². The van der Waals surface area contributed by atoms with Crippen molar-refractivity contribution in [3.63, 3.8) is 0 Å². The van der Waals surface area contributed by atoms with Crippen molar-refractivity contribution in [3.05, 3.63) is 12.2 Å². The van der Waals surface area contributed by atoms with Gasteiger partial charge in [-0.1, -0.05) is 25.7 Å². The lowest BCUT2D eigenvalue weighted by Gasteiger charge is -2.30. The predicted octanol–water partition coefficient (Wildman–Crippen LogP) is 1.69. The highest BCUT2D eigenvalue weighted by molar-refractivity contribution is 4.86. The van der Waals surface area contributed by atoms with Gasteiger partial charge >= 0.3 is 0 Å². The summed E-state index contributed by atoms with van der Waals surface area (Å²) in [5.41, 5.74) is 5.68. The van der Waals surface area contributed by atoms with Gasteiger partial charge in [-0.15, -0.1) is 0 Å². The summed E-state index contributed by atoms with van der Waals surface area (Å²) in [4.78, 5) is 6.93. The molecule has 1 aliphatic carbocycles. The van der Waals surface area contributed by atoms with Crippen LogP contribution >= 0.6 is 0 Å². The summed E-state index contributed by atoms with van der Waals surface area (Å²) < 4.78 is 1.88. The van der Waals surface area contributed by atoms with Gasteiger partial charge in [0, 0.05) is 19.6 Å². The largest absolute Gasteiger partial charge is 0.330 e. The molecular formula is C14H27N5. The molecule has 0 amide bonds. The lowest BCUT2D eigenvalue weighted by Crippen LogP contribution is -2.37. The van der Waals surface area contributed by atoms with Gasteiger partial charge in [0.25, 0.3) is 0 Å². The monoisotopic (exact) mass is 265 g/mol. The van der Waals surface area contributed by atoms with Gasteiger partial charge in [-0.2, -0.15) is 5.10 Å². The standard InChI is InChI=1S/C14H27N5/c1-18-14(16-12-17-18)11-19(10-6-9-15)13-7-4-2-3-5-8-13/h12-13H,2-11,15H2,1H3. The molecule has 1 saturated carbocycles. The normalized spacial score (nSPS) is 17.8. The molecule has 108 valence electrons. The average Bonchev–Trinajstić information content (AvgIpc) is 2.68. The van der Waals surface area contributed by atoms with Crippen molar-refractivity contribution in [1.82, 2.24) is 19.7 Å². The highest BCUT2D eigenvalue weighted by atomic mass is 15.3. The summed E-state index contributed by atoms with van der Waals surface area (Å²) in [7, 11) is 1.97. The Balaban J connectivity index is 1.99. The van der Waals surface area contributed by atoms with Crippen molar-refractivity contribution in [2.24, 2.45) is 12.8 Å². The van der Waals surface area contributed by atoms with Crippen LogP contribution in [0.4, 0.5) is 0 Å². The molecule has 1 aromatic rings. The van der Waals surface area contributed by atoms with E-state index < -0.39 is 0 Å². The third kappa shape index (κ3) is 4.28. The Morgan fingerprint density at radius 2 is 2.05 bits per heavy atom. The molecule has 5 heteroatoms. The first-order valence-corrected chi connectivity index (χ1v) is 7.58. The molecule has 0 spiro atoms. The molecule has 0 unspecified atom stereocenters. The fourth-order valence-electron chi connectivity index (χ4n) is 2.95.